The largest absolute Gasteiger partial charge is 0.327 e. The summed E-state index contributed by atoms with van der Waals surface area (Å²) in [4.78, 5) is 0. The summed E-state index contributed by atoms with van der Waals surface area (Å²) in [6.45, 7) is 6.51. The summed E-state index contributed by atoms with van der Waals surface area (Å²) < 4.78 is 2.14. The minimum Gasteiger partial charge on any atom is -0.327 e. The van der Waals surface area contributed by atoms with Crippen molar-refractivity contribution in [1.82, 2.24) is 14.8 Å². The molecule has 2 atom stereocenters. The molecule has 15 heavy (non-hydrogen) atoms. The van der Waals surface area contributed by atoms with Crippen LogP contribution in [0.25, 0.3) is 0 Å². The Bertz CT molecular complexity index is 344. The van der Waals surface area contributed by atoms with Crippen LogP contribution in [-0.2, 0) is 5.41 Å². The Labute approximate surface area is 90.9 Å². The number of nitrogens with zero attached hydrogens (tertiary/aromatic N) is 3. The van der Waals surface area contributed by atoms with Crippen molar-refractivity contribution in [1.29, 1.82) is 0 Å². The van der Waals surface area contributed by atoms with Crippen molar-refractivity contribution in [2.45, 2.75) is 57.5 Å². The quantitative estimate of drug-likeness (QED) is 0.803. The lowest BCUT2D eigenvalue weighted by molar-refractivity contribution is 0.374. The molecule has 1 fully saturated rings. The minimum absolute atomic E-state index is 0.0147. The Morgan fingerprint density at radius 2 is 2.33 bits per heavy atom. The average molecular weight is 208 g/mol. The van der Waals surface area contributed by atoms with Crippen molar-refractivity contribution in [3.8, 4) is 0 Å². The highest BCUT2D eigenvalue weighted by molar-refractivity contribution is 5.14. The highest BCUT2D eigenvalue weighted by Crippen LogP contribution is 2.39. The van der Waals surface area contributed by atoms with Crippen LogP contribution in [-0.4, -0.2) is 20.8 Å². The van der Waals surface area contributed by atoms with E-state index in [1.165, 1.54) is 6.42 Å². The van der Waals surface area contributed by atoms with Crippen molar-refractivity contribution in [3.63, 3.8) is 0 Å². The Hall–Kier alpha value is -0.900. The van der Waals surface area contributed by atoms with Gasteiger partial charge >= 0.3 is 0 Å². The maximum absolute atomic E-state index is 6.19. The van der Waals surface area contributed by atoms with E-state index < -0.39 is 0 Å². The van der Waals surface area contributed by atoms with Crippen molar-refractivity contribution < 1.29 is 0 Å². The molecular weight excluding hydrogens is 188 g/mol. The fourth-order valence-electron chi connectivity index (χ4n) is 2.50. The second kappa shape index (κ2) is 3.59. The number of rotatable bonds is 2. The third-order valence-corrected chi connectivity index (χ3v) is 3.67. The van der Waals surface area contributed by atoms with Crippen LogP contribution in [0.5, 0.6) is 0 Å². The summed E-state index contributed by atoms with van der Waals surface area (Å²) in [5.41, 5.74) is 6.21. The van der Waals surface area contributed by atoms with Gasteiger partial charge in [0.2, 0.25) is 0 Å². The van der Waals surface area contributed by atoms with Gasteiger partial charge in [-0.1, -0.05) is 13.3 Å². The minimum atomic E-state index is 0.0147. The summed E-state index contributed by atoms with van der Waals surface area (Å²) in [6.07, 6.45) is 5.24. The van der Waals surface area contributed by atoms with E-state index in [0.29, 0.717) is 6.04 Å². The number of nitrogens with two attached hydrogens (primary N) is 1. The Kier molecular flexibility index (Phi) is 2.54. The molecule has 1 aromatic rings. The maximum atomic E-state index is 6.19. The molecule has 1 saturated carbocycles. The van der Waals surface area contributed by atoms with Crippen molar-refractivity contribution in [3.05, 3.63) is 12.2 Å². The van der Waals surface area contributed by atoms with E-state index in [9.17, 15) is 0 Å². The molecule has 0 spiro atoms. The summed E-state index contributed by atoms with van der Waals surface area (Å²) in [7, 11) is 0. The zero-order chi connectivity index (χ0) is 11.1. The molecule has 84 valence electrons. The first kappa shape index (κ1) is 10.6. The number of hydrogen-bond donors (Lipinski definition) is 1. The lowest BCUT2D eigenvalue weighted by Crippen LogP contribution is -2.40. The fraction of sp³-hybridized carbons (Fsp3) is 0.818. The molecule has 0 bridgehead atoms. The van der Waals surface area contributed by atoms with E-state index in [0.717, 1.165) is 18.7 Å². The molecule has 0 amide bonds. The zero-order valence-electron chi connectivity index (χ0n) is 9.77. The predicted octanol–water partition coefficient (Wildman–Crippen LogP) is 1.63. The van der Waals surface area contributed by atoms with Gasteiger partial charge in [-0.2, -0.15) is 0 Å². The molecule has 1 aromatic heterocycles. The van der Waals surface area contributed by atoms with Gasteiger partial charge in [-0.05, 0) is 26.7 Å². The first-order valence-electron chi connectivity index (χ1n) is 5.71. The molecule has 4 nitrogen and oxygen atoms in total. The van der Waals surface area contributed by atoms with Crippen LogP contribution in [0, 0.1) is 0 Å². The topological polar surface area (TPSA) is 56.7 Å². The molecule has 2 unspecified atom stereocenters. The van der Waals surface area contributed by atoms with Gasteiger partial charge in [-0.3, -0.25) is 0 Å². The third kappa shape index (κ3) is 1.57. The van der Waals surface area contributed by atoms with Crippen LogP contribution in [0.2, 0.25) is 0 Å². The average Bonchev–Trinajstić information content (AvgIpc) is 2.75. The van der Waals surface area contributed by atoms with Gasteiger partial charge in [0.25, 0.3) is 0 Å². The van der Waals surface area contributed by atoms with Gasteiger partial charge in [-0.15, -0.1) is 10.2 Å². The molecule has 2 rings (SSSR count). The highest BCUT2D eigenvalue weighted by atomic mass is 15.3. The number of hydrogen-bond acceptors (Lipinski definition) is 3. The van der Waals surface area contributed by atoms with Gasteiger partial charge in [-0.25, -0.2) is 0 Å². The summed E-state index contributed by atoms with van der Waals surface area (Å²) in [5, 5.41) is 8.30. The molecule has 0 radical (unpaired) electrons. The Balaban J connectivity index is 2.40. The Morgan fingerprint density at radius 3 is 2.87 bits per heavy atom. The lowest BCUT2D eigenvalue weighted by atomic mass is 9.84. The first-order chi connectivity index (χ1) is 7.05. The predicted molar refractivity (Wildman–Crippen MR) is 59.6 cm³/mol. The molecule has 0 saturated heterocycles. The molecule has 1 aliphatic rings. The van der Waals surface area contributed by atoms with Gasteiger partial charge in [0.05, 0.1) is 0 Å². The van der Waals surface area contributed by atoms with E-state index in [-0.39, 0.29) is 11.5 Å². The van der Waals surface area contributed by atoms with Gasteiger partial charge < -0.3 is 10.3 Å². The van der Waals surface area contributed by atoms with E-state index in [1.54, 1.807) is 0 Å². The Morgan fingerprint density at radius 1 is 1.60 bits per heavy atom. The SMILES string of the molecule is CC(C)n1cnnc1C1(C)CCCC1N. The summed E-state index contributed by atoms with van der Waals surface area (Å²) >= 11 is 0. The zero-order valence-corrected chi connectivity index (χ0v) is 9.77. The third-order valence-electron chi connectivity index (χ3n) is 3.67. The molecule has 0 aliphatic heterocycles. The van der Waals surface area contributed by atoms with E-state index in [1.807, 2.05) is 6.33 Å². The smallest absolute Gasteiger partial charge is 0.140 e. The van der Waals surface area contributed by atoms with E-state index in [2.05, 4.69) is 35.5 Å². The second-order valence-corrected chi connectivity index (χ2v) is 5.07. The monoisotopic (exact) mass is 208 g/mol. The van der Waals surface area contributed by atoms with Crippen LogP contribution < -0.4 is 5.73 Å². The standard InChI is InChI=1S/C11H20N4/c1-8(2)15-7-13-14-10(15)11(3)6-4-5-9(11)12/h7-9H,4-6,12H2,1-3H3. The molecule has 2 N–H and O–H groups in total. The second-order valence-electron chi connectivity index (χ2n) is 5.07. The molecule has 4 heteroatoms. The molecule has 1 heterocycles. The maximum Gasteiger partial charge on any atom is 0.140 e. The molecule has 1 aliphatic carbocycles. The van der Waals surface area contributed by atoms with Crippen LogP contribution in [0.4, 0.5) is 0 Å². The first-order valence-corrected chi connectivity index (χ1v) is 5.71. The van der Waals surface area contributed by atoms with Crippen LogP contribution in [0.3, 0.4) is 0 Å². The summed E-state index contributed by atoms with van der Waals surface area (Å²) in [5.74, 6) is 1.06. The van der Waals surface area contributed by atoms with E-state index >= 15 is 0 Å². The van der Waals surface area contributed by atoms with Crippen molar-refractivity contribution in [2.75, 3.05) is 0 Å². The number of aromatic nitrogens is 3. The van der Waals surface area contributed by atoms with Crippen molar-refractivity contribution >= 4 is 0 Å². The van der Waals surface area contributed by atoms with E-state index in [4.69, 9.17) is 5.73 Å². The van der Waals surface area contributed by atoms with Gasteiger partial charge in [0, 0.05) is 17.5 Å². The van der Waals surface area contributed by atoms with Crippen molar-refractivity contribution in [2.24, 2.45) is 5.73 Å². The molecule has 0 aromatic carbocycles. The van der Waals surface area contributed by atoms with Crippen LogP contribution in [0.1, 0.15) is 51.9 Å². The van der Waals surface area contributed by atoms with Crippen LogP contribution >= 0.6 is 0 Å². The molecular formula is C11H20N4. The van der Waals surface area contributed by atoms with Gasteiger partial charge in [0.1, 0.15) is 12.2 Å². The lowest BCUT2D eigenvalue weighted by Gasteiger charge is -2.29. The van der Waals surface area contributed by atoms with Crippen LogP contribution in [0.15, 0.2) is 6.33 Å². The summed E-state index contributed by atoms with van der Waals surface area (Å²) in [6, 6.07) is 0.624. The highest BCUT2D eigenvalue weighted by Gasteiger charge is 2.41. The normalized spacial score (nSPS) is 31.4. The van der Waals surface area contributed by atoms with Gasteiger partial charge in [0.15, 0.2) is 0 Å². The fourth-order valence-corrected chi connectivity index (χ4v) is 2.50.